The second kappa shape index (κ2) is 7.64. The van der Waals surface area contributed by atoms with Gasteiger partial charge in [-0.1, -0.05) is 30.3 Å². The van der Waals surface area contributed by atoms with Gasteiger partial charge in [0.1, 0.15) is 0 Å². The highest BCUT2D eigenvalue weighted by atomic mass is 16.2. The van der Waals surface area contributed by atoms with Gasteiger partial charge in [-0.25, -0.2) is 4.79 Å². The molecule has 1 saturated heterocycles. The zero-order valence-corrected chi connectivity index (χ0v) is 16.2. The molecule has 4 rings (SSSR count). The fourth-order valence-electron chi connectivity index (χ4n) is 3.93. The molecule has 6 nitrogen and oxygen atoms in total. The number of aryl methyl sites for hydroxylation is 3. The van der Waals surface area contributed by atoms with Gasteiger partial charge in [-0.2, -0.15) is 0 Å². The number of piperidine rings is 1. The number of hydrogen-bond acceptors (Lipinski definition) is 3. The number of fused-ring (bicyclic) bond motifs is 1. The van der Waals surface area contributed by atoms with Gasteiger partial charge >= 0.3 is 5.69 Å². The van der Waals surface area contributed by atoms with Crippen molar-refractivity contribution in [2.24, 2.45) is 12.8 Å². The van der Waals surface area contributed by atoms with Crippen LogP contribution in [0.25, 0.3) is 11.0 Å². The largest absolute Gasteiger partial charge is 0.339 e. The topological polar surface area (TPSA) is 73.3 Å². The van der Waals surface area contributed by atoms with E-state index in [9.17, 15) is 9.59 Å². The summed E-state index contributed by atoms with van der Waals surface area (Å²) in [6.45, 7) is 1.99. The molecular formula is C22H26N4O2. The second-order valence-corrected chi connectivity index (χ2v) is 7.56. The molecule has 2 N–H and O–H groups in total. The monoisotopic (exact) mass is 378 g/mol. The lowest BCUT2D eigenvalue weighted by Gasteiger charge is -2.30. The van der Waals surface area contributed by atoms with Crippen molar-refractivity contribution in [3.05, 3.63) is 70.1 Å². The number of hydrogen-bond donors (Lipinski definition) is 1. The van der Waals surface area contributed by atoms with Crippen LogP contribution < -0.4 is 11.4 Å². The van der Waals surface area contributed by atoms with Crippen LogP contribution in [0.5, 0.6) is 0 Å². The molecule has 0 radical (unpaired) electrons. The van der Waals surface area contributed by atoms with Crippen molar-refractivity contribution in [2.75, 3.05) is 13.1 Å². The number of nitrogens with zero attached hydrogens (tertiary/aromatic N) is 3. The van der Waals surface area contributed by atoms with E-state index in [2.05, 4.69) is 12.1 Å². The number of rotatable bonds is 4. The molecule has 0 spiro atoms. The van der Waals surface area contributed by atoms with Gasteiger partial charge in [0.15, 0.2) is 0 Å². The molecule has 1 amide bonds. The lowest BCUT2D eigenvalue weighted by Crippen LogP contribution is -2.42. The van der Waals surface area contributed by atoms with E-state index in [-0.39, 0.29) is 17.6 Å². The number of carbonyl (C=O) groups is 1. The van der Waals surface area contributed by atoms with E-state index in [1.54, 1.807) is 16.2 Å². The summed E-state index contributed by atoms with van der Waals surface area (Å²) in [5, 5.41) is 0. The Morgan fingerprint density at radius 1 is 1.07 bits per heavy atom. The summed E-state index contributed by atoms with van der Waals surface area (Å²) in [7, 11) is 1.76. The summed E-state index contributed by atoms with van der Waals surface area (Å²) in [6.07, 6.45) is 2.46. The first-order valence-electron chi connectivity index (χ1n) is 9.82. The SMILES string of the molecule is Cn1c(=O)n(CCc2ccccc2)c2ccc(C(=O)N3CCC(N)CC3)cc21. The lowest BCUT2D eigenvalue weighted by molar-refractivity contribution is 0.0715. The Labute approximate surface area is 164 Å². The maximum absolute atomic E-state index is 12.9. The molecule has 1 fully saturated rings. The quantitative estimate of drug-likeness (QED) is 0.756. The van der Waals surface area contributed by atoms with Crippen molar-refractivity contribution in [1.29, 1.82) is 0 Å². The average molecular weight is 378 g/mol. The maximum Gasteiger partial charge on any atom is 0.328 e. The number of likely N-dealkylation sites (tertiary alicyclic amines) is 1. The number of imidazole rings is 1. The number of aromatic nitrogens is 2. The van der Waals surface area contributed by atoms with E-state index in [1.165, 1.54) is 5.56 Å². The molecule has 0 aliphatic carbocycles. The molecular weight excluding hydrogens is 352 g/mol. The van der Waals surface area contributed by atoms with E-state index >= 15 is 0 Å². The van der Waals surface area contributed by atoms with Crippen LogP contribution >= 0.6 is 0 Å². The predicted octanol–water partition coefficient (Wildman–Crippen LogP) is 2.15. The zero-order valence-electron chi connectivity index (χ0n) is 16.2. The van der Waals surface area contributed by atoms with E-state index in [0.29, 0.717) is 25.2 Å². The Bertz CT molecular complexity index is 1040. The van der Waals surface area contributed by atoms with Crippen LogP contribution in [0.2, 0.25) is 0 Å². The second-order valence-electron chi connectivity index (χ2n) is 7.56. The van der Waals surface area contributed by atoms with Crippen LogP contribution in [0.3, 0.4) is 0 Å². The highest BCUT2D eigenvalue weighted by Crippen LogP contribution is 2.19. The van der Waals surface area contributed by atoms with E-state index < -0.39 is 0 Å². The van der Waals surface area contributed by atoms with E-state index in [0.717, 1.165) is 30.3 Å². The minimum Gasteiger partial charge on any atom is -0.339 e. The minimum absolute atomic E-state index is 0.0123. The first kappa shape index (κ1) is 18.5. The maximum atomic E-state index is 12.9. The first-order valence-corrected chi connectivity index (χ1v) is 9.82. The Kier molecular flexibility index (Phi) is 5.05. The molecule has 0 saturated carbocycles. The third kappa shape index (κ3) is 3.47. The molecule has 0 atom stereocenters. The normalized spacial score (nSPS) is 15.3. The minimum atomic E-state index is -0.0560. The van der Waals surface area contributed by atoms with E-state index in [1.807, 2.05) is 41.3 Å². The Morgan fingerprint density at radius 2 is 1.79 bits per heavy atom. The van der Waals surface area contributed by atoms with Crippen LogP contribution in [0.4, 0.5) is 0 Å². The van der Waals surface area contributed by atoms with Crippen molar-refractivity contribution in [1.82, 2.24) is 14.0 Å². The highest BCUT2D eigenvalue weighted by molar-refractivity contribution is 5.97. The molecule has 1 aromatic heterocycles. The Hall–Kier alpha value is -2.86. The Morgan fingerprint density at radius 3 is 2.50 bits per heavy atom. The Balaban J connectivity index is 1.61. The van der Waals surface area contributed by atoms with Crippen LogP contribution in [0.1, 0.15) is 28.8 Å². The summed E-state index contributed by atoms with van der Waals surface area (Å²) < 4.78 is 3.42. The predicted molar refractivity (Wildman–Crippen MR) is 110 cm³/mol. The molecule has 6 heteroatoms. The summed E-state index contributed by atoms with van der Waals surface area (Å²) in [4.78, 5) is 27.5. The van der Waals surface area contributed by atoms with Gasteiger partial charge in [-0.15, -0.1) is 0 Å². The fraction of sp³-hybridized carbons (Fsp3) is 0.364. The van der Waals surface area contributed by atoms with Gasteiger partial charge in [0.2, 0.25) is 0 Å². The molecule has 3 aromatic rings. The van der Waals surface area contributed by atoms with Crippen molar-refractivity contribution in [2.45, 2.75) is 31.8 Å². The third-order valence-electron chi connectivity index (χ3n) is 5.69. The zero-order chi connectivity index (χ0) is 19.7. The smallest absolute Gasteiger partial charge is 0.328 e. The fourth-order valence-corrected chi connectivity index (χ4v) is 3.93. The average Bonchev–Trinajstić information content (AvgIpc) is 2.97. The molecule has 1 aliphatic rings. The van der Waals surface area contributed by atoms with Crippen molar-refractivity contribution < 1.29 is 4.79 Å². The summed E-state index contributed by atoms with van der Waals surface area (Å²) in [6, 6.07) is 15.9. The lowest BCUT2D eigenvalue weighted by atomic mass is 10.0. The van der Waals surface area contributed by atoms with Gasteiger partial charge < -0.3 is 10.6 Å². The number of amides is 1. The van der Waals surface area contributed by atoms with Gasteiger partial charge in [-0.05, 0) is 43.0 Å². The summed E-state index contributed by atoms with van der Waals surface area (Å²) in [5.74, 6) is 0.0123. The van der Waals surface area contributed by atoms with Crippen molar-refractivity contribution >= 4 is 16.9 Å². The van der Waals surface area contributed by atoms with Gasteiger partial charge in [0, 0.05) is 38.3 Å². The molecule has 2 heterocycles. The van der Waals surface area contributed by atoms with Gasteiger partial charge in [0.25, 0.3) is 5.91 Å². The molecule has 2 aromatic carbocycles. The molecule has 0 bridgehead atoms. The van der Waals surface area contributed by atoms with E-state index in [4.69, 9.17) is 5.73 Å². The molecule has 28 heavy (non-hydrogen) atoms. The van der Waals surface area contributed by atoms with Crippen molar-refractivity contribution in [3.8, 4) is 0 Å². The highest BCUT2D eigenvalue weighted by Gasteiger charge is 2.22. The molecule has 146 valence electrons. The number of carbonyl (C=O) groups excluding carboxylic acids is 1. The third-order valence-corrected chi connectivity index (χ3v) is 5.69. The molecule has 1 aliphatic heterocycles. The number of nitrogens with two attached hydrogens (primary N) is 1. The van der Waals surface area contributed by atoms with Crippen LogP contribution in [-0.4, -0.2) is 39.1 Å². The first-order chi connectivity index (χ1) is 13.5. The summed E-state index contributed by atoms with van der Waals surface area (Å²) in [5.41, 5.74) is 9.36. The number of benzene rings is 2. The van der Waals surface area contributed by atoms with Crippen LogP contribution in [-0.2, 0) is 20.0 Å². The van der Waals surface area contributed by atoms with Crippen LogP contribution in [0, 0.1) is 0 Å². The van der Waals surface area contributed by atoms with Crippen molar-refractivity contribution in [3.63, 3.8) is 0 Å². The van der Waals surface area contributed by atoms with Gasteiger partial charge in [-0.3, -0.25) is 13.9 Å². The standard InChI is InChI=1S/C22H26N4O2/c1-24-20-15-17(21(27)25-12-10-18(23)11-13-25)7-8-19(20)26(22(24)28)14-9-16-5-3-2-4-6-16/h2-8,15,18H,9-14,23H2,1H3. The van der Waals surface area contributed by atoms with Gasteiger partial charge in [0.05, 0.1) is 11.0 Å². The molecule has 0 unspecified atom stereocenters. The summed E-state index contributed by atoms with van der Waals surface area (Å²) >= 11 is 0. The van der Waals surface area contributed by atoms with Crippen LogP contribution in [0.15, 0.2) is 53.3 Å².